The van der Waals surface area contributed by atoms with Crippen molar-refractivity contribution < 1.29 is 9.53 Å². The Morgan fingerprint density at radius 3 is 2.59 bits per heavy atom. The van der Waals surface area contributed by atoms with Crippen molar-refractivity contribution in [3.63, 3.8) is 0 Å². The summed E-state index contributed by atoms with van der Waals surface area (Å²) in [6.45, 7) is 5.54. The van der Waals surface area contributed by atoms with Crippen molar-refractivity contribution in [3.05, 3.63) is 49.4 Å². The largest absolute Gasteiger partial charge is 0.496 e. The minimum Gasteiger partial charge on any atom is -0.496 e. The number of Topliss-reactive ketones (excluding diaryl/α,β-unsaturated/α-hetero) is 1. The number of hydrogen-bond donors (Lipinski definition) is 1. The van der Waals surface area contributed by atoms with Gasteiger partial charge in [0, 0.05) is 17.1 Å². The zero-order valence-electron chi connectivity index (χ0n) is 13.1. The van der Waals surface area contributed by atoms with Gasteiger partial charge in [0.1, 0.15) is 5.75 Å². The van der Waals surface area contributed by atoms with Gasteiger partial charge in [-0.2, -0.15) is 0 Å². The average molecular weight is 317 g/mol. The highest BCUT2D eigenvalue weighted by atomic mass is 32.1. The summed E-state index contributed by atoms with van der Waals surface area (Å²) in [5.74, 6) is 0.681. The standard InChI is InChI=1S/C17H19NO3S/c1-17(2,3)14(19)10-15-18-16(20)13(22-15)9-11-7-5-6-8-12(11)21-4/h5-10H,1-4H3,(H,18,20). The summed E-state index contributed by atoms with van der Waals surface area (Å²) in [5.41, 5.74) is 0.155. The SMILES string of the molecule is COc1ccccc1C=c1sc(=CC(=O)C(C)(C)C)[nH]c1=O. The Hall–Kier alpha value is -2.14. The molecular formula is C17H19NO3S. The molecule has 116 valence electrons. The van der Waals surface area contributed by atoms with Crippen LogP contribution < -0.4 is 19.5 Å². The number of aromatic amines is 1. The number of methoxy groups -OCH3 is 1. The fraction of sp³-hybridized carbons (Fsp3) is 0.294. The van der Waals surface area contributed by atoms with Crippen LogP contribution >= 0.6 is 11.3 Å². The fourth-order valence-corrected chi connectivity index (χ4v) is 2.66. The predicted molar refractivity (Wildman–Crippen MR) is 89.7 cm³/mol. The molecule has 0 aliphatic heterocycles. The van der Waals surface area contributed by atoms with Crippen LogP contribution in [0.3, 0.4) is 0 Å². The highest BCUT2D eigenvalue weighted by Gasteiger charge is 2.18. The van der Waals surface area contributed by atoms with Crippen molar-refractivity contribution in [2.24, 2.45) is 5.41 Å². The summed E-state index contributed by atoms with van der Waals surface area (Å²) >= 11 is 1.26. The van der Waals surface area contributed by atoms with E-state index in [1.807, 2.05) is 45.0 Å². The second kappa shape index (κ2) is 6.32. The normalized spacial score (nSPS) is 13.5. The van der Waals surface area contributed by atoms with Crippen LogP contribution in [-0.4, -0.2) is 17.9 Å². The maximum Gasteiger partial charge on any atom is 0.266 e. The van der Waals surface area contributed by atoms with Crippen molar-refractivity contribution in [1.82, 2.24) is 4.98 Å². The smallest absolute Gasteiger partial charge is 0.266 e. The molecule has 1 heterocycles. The van der Waals surface area contributed by atoms with E-state index in [0.717, 1.165) is 5.56 Å². The number of hydrogen-bond acceptors (Lipinski definition) is 4. The molecule has 0 aliphatic carbocycles. The van der Waals surface area contributed by atoms with Crippen LogP contribution in [0.5, 0.6) is 5.75 Å². The third-order valence-electron chi connectivity index (χ3n) is 3.11. The molecule has 5 heteroatoms. The molecule has 0 spiro atoms. The summed E-state index contributed by atoms with van der Waals surface area (Å²) in [6.07, 6.45) is 3.26. The molecule has 1 N–H and O–H groups in total. The van der Waals surface area contributed by atoms with Gasteiger partial charge in [-0.1, -0.05) is 39.0 Å². The lowest BCUT2D eigenvalue weighted by molar-refractivity contribution is -0.119. The van der Waals surface area contributed by atoms with E-state index in [1.165, 1.54) is 17.4 Å². The summed E-state index contributed by atoms with van der Waals surface area (Å²) in [4.78, 5) is 26.8. The number of ketones is 1. The van der Waals surface area contributed by atoms with E-state index in [2.05, 4.69) is 4.98 Å². The third kappa shape index (κ3) is 3.74. The molecule has 0 unspecified atom stereocenters. The van der Waals surface area contributed by atoms with Gasteiger partial charge < -0.3 is 9.72 Å². The molecule has 0 saturated heterocycles. The number of carbonyl (C=O) groups is 1. The first kappa shape index (κ1) is 16.2. The fourth-order valence-electron chi connectivity index (χ4n) is 1.79. The van der Waals surface area contributed by atoms with Crippen LogP contribution in [0.2, 0.25) is 0 Å². The predicted octanol–water partition coefficient (Wildman–Crippen LogP) is 1.67. The first-order valence-electron chi connectivity index (χ1n) is 6.91. The number of para-hydroxylation sites is 1. The quantitative estimate of drug-likeness (QED) is 0.937. The zero-order valence-corrected chi connectivity index (χ0v) is 13.9. The number of benzene rings is 1. The molecule has 1 aromatic heterocycles. The monoisotopic (exact) mass is 317 g/mol. The summed E-state index contributed by atoms with van der Waals surface area (Å²) in [6, 6.07) is 7.47. The Balaban J connectivity index is 2.51. The molecule has 0 atom stereocenters. The minimum atomic E-state index is -0.465. The van der Waals surface area contributed by atoms with Crippen LogP contribution in [0.4, 0.5) is 0 Å². The molecule has 22 heavy (non-hydrogen) atoms. The molecule has 0 amide bonds. The number of H-pyrrole nitrogens is 1. The Morgan fingerprint density at radius 2 is 1.95 bits per heavy atom. The highest BCUT2D eigenvalue weighted by molar-refractivity contribution is 7.07. The van der Waals surface area contributed by atoms with Gasteiger partial charge in [-0.25, -0.2) is 0 Å². The maximum atomic E-state index is 12.0. The van der Waals surface area contributed by atoms with E-state index in [-0.39, 0.29) is 11.3 Å². The van der Waals surface area contributed by atoms with Gasteiger partial charge in [-0.3, -0.25) is 9.59 Å². The van der Waals surface area contributed by atoms with E-state index in [4.69, 9.17) is 4.74 Å². The number of ether oxygens (including phenoxy) is 1. The summed E-state index contributed by atoms with van der Waals surface area (Å²) in [7, 11) is 1.59. The number of aromatic nitrogens is 1. The first-order chi connectivity index (χ1) is 10.3. The van der Waals surface area contributed by atoms with Gasteiger partial charge >= 0.3 is 0 Å². The van der Waals surface area contributed by atoms with Gasteiger partial charge in [0.15, 0.2) is 5.78 Å². The van der Waals surface area contributed by atoms with E-state index < -0.39 is 5.41 Å². The van der Waals surface area contributed by atoms with Gasteiger partial charge in [-0.05, 0) is 12.1 Å². The average Bonchev–Trinajstić information content (AvgIpc) is 2.78. The lowest BCUT2D eigenvalue weighted by atomic mass is 9.91. The molecule has 0 bridgehead atoms. The van der Waals surface area contributed by atoms with E-state index >= 15 is 0 Å². The van der Waals surface area contributed by atoms with Crippen LogP contribution in [0.15, 0.2) is 29.1 Å². The van der Waals surface area contributed by atoms with Crippen molar-refractivity contribution in [2.45, 2.75) is 20.8 Å². The van der Waals surface area contributed by atoms with Crippen LogP contribution in [0.25, 0.3) is 12.2 Å². The topological polar surface area (TPSA) is 59.2 Å². The summed E-state index contributed by atoms with van der Waals surface area (Å²) in [5, 5.41) is 0. The molecule has 1 aromatic carbocycles. The van der Waals surface area contributed by atoms with E-state index in [9.17, 15) is 9.59 Å². The van der Waals surface area contributed by atoms with E-state index in [1.54, 1.807) is 13.2 Å². The molecule has 0 saturated carbocycles. The third-order valence-corrected chi connectivity index (χ3v) is 4.07. The van der Waals surface area contributed by atoms with Crippen molar-refractivity contribution >= 4 is 29.3 Å². The van der Waals surface area contributed by atoms with Gasteiger partial charge in [-0.15, -0.1) is 11.3 Å². The lowest BCUT2D eigenvalue weighted by Gasteiger charge is -2.12. The Bertz CT molecular complexity index is 853. The highest BCUT2D eigenvalue weighted by Crippen LogP contribution is 2.17. The van der Waals surface area contributed by atoms with Gasteiger partial charge in [0.25, 0.3) is 5.56 Å². The number of nitrogens with one attached hydrogen (secondary N) is 1. The molecule has 0 fully saturated rings. The van der Waals surface area contributed by atoms with Crippen molar-refractivity contribution in [1.29, 1.82) is 0 Å². The minimum absolute atomic E-state index is 0.0196. The van der Waals surface area contributed by atoms with Crippen LogP contribution in [0, 0.1) is 5.41 Å². The Labute approximate surface area is 132 Å². The molecule has 4 nitrogen and oxygen atoms in total. The molecule has 2 rings (SSSR count). The molecule has 0 radical (unpaired) electrons. The zero-order chi connectivity index (χ0) is 16.3. The second-order valence-corrected chi connectivity index (χ2v) is 7.01. The Kier molecular flexibility index (Phi) is 4.66. The molecular weight excluding hydrogens is 298 g/mol. The van der Waals surface area contributed by atoms with Gasteiger partial charge in [0.05, 0.1) is 16.3 Å². The maximum absolute atomic E-state index is 12.0. The lowest BCUT2D eigenvalue weighted by Crippen LogP contribution is -2.22. The number of rotatable bonds is 3. The van der Waals surface area contributed by atoms with Crippen LogP contribution in [0.1, 0.15) is 26.3 Å². The van der Waals surface area contributed by atoms with Crippen LogP contribution in [-0.2, 0) is 4.79 Å². The second-order valence-electron chi connectivity index (χ2n) is 5.93. The van der Waals surface area contributed by atoms with Gasteiger partial charge in [0.2, 0.25) is 0 Å². The Morgan fingerprint density at radius 1 is 1.27 bits per heavy atom. The van der Waals surface area contributed by atoms with Crippen molar-refractivity contribution in [3.8, 4) is 5.75 Å². The number of thiazole rings is 1. The molecule has 0 aliphatic rings. The van der Waals surface area contributed by atoms with E-state index in [0.29, 0.717) is 14.9 Å². The summed E-state index contributed by atoms with van der Waals surface area (Å²) < 4.78 is 6.37. The molecule has 2 aromatic rings. The number of carbonyl (C=O) groups excluding carboxylic acids is 1. The van der Waals surface area contributed by atoms with Crippen molar-refractivity contribution in [2.75, 3.05) is 7.11 Å². The first-order valence-corrected chi connectivity index (χ1v) is 7.73.